The van der Waals surface area contributed by atoms with Gasteiger partial charge in [-0.25, -0.2) is 0 Å². The summed E-state index contributed by atoms with van der Waals surface area (Å²) in [5.74, 6) is 0. The Morgan fingerprint density at radius 3 is 2.67 bits per heavy atom. The highest BCUT2D eigenvalue weighted by Gasteiger charge is 2.45. The minimum Gasteiger partial charge on any atom is -0.396 e. The lowest BCUT2D eigenvalue weighted by atomic mass is 9.63. The Labute approximate surface area is 93.0 Å². The van der Waals surface area contributed by atoms with E-state index in [-0.39, 0.29) is 17.6 Å². The summed E-state index contributed by atoms with van der Waals surface area (Å²) in [6.45, 7) is 7.28. The molecule has 2 atom stereocenters. The molecule has 0 radical (unpaired) electrons. The third-order valence-corrected chi connectivity index (χ3v) is 3.97. The molecule has 1 saturated heterocycles. The second-order valence-corrected chi connectivity index (χ2v) is 5.33. The first-order valence-corrected chi connectivity index (χ1v) is 5.96. The van der Waals surface area contributed by atoms with Gasteiger partial charge in [-0.1, -0.05) is 6.92 Å². The normalized spacial score (nSPS) is 33.0. The lowest BCUT2D eigenvalue weighted by Crippen LogP contribution is -2.55. The number of hydrogen-bond donors (Lipinski definition) is 2. The van der Waals surface area contributed by atoms with Crippen LogP contribution in [0.5, 0.6) is 0 Å². The molecule has 0 saturated carbocycles. The van der Waals surface area contributed by atoms with E-state index in [9.17, 15) is 5.11 Å². The zero-order valence-corrected chi connectivity index (χ0v) is 10.3. The minimum absolute atomic E-state index is 0.0423. The number of rotatable bonds is 4. The Morgan fingerprint density at radius 1 is 1.53 bits per heavy atom. The SMILES string of the molecule is CCC1CC(CCO)(C(C)(C)N)CCO1. The van der Waals surface area contributed by atoms with Crippen LogP contribution < -0.4 is 5.73 Å². The van der Waals surface area contributed by atoms with Gasteiger partial charge in [0.15, 0.2) is 0 Å². The summed E-state index contributed by atoms with van der Waals surface area (Å²) in [5, 5.41) is 9.21. The van der Waals surface area contributed by atoms with E-state index >= 15 is 0 Å². The zero-order chi connectivity index (χ0) is 11.5. The van der Waals surface area contributed by atoms with Gasteiger partial charge in [-0.2, -0.15) is 0 Å². The second kappa shape index (κ2) is 4.81. The average Bonchev–Trinajstić information content (AvgIpc) is 2.17. The summed E-state index contributed by atoms with van der Waals surface area (Å²) in [6, 6.07) is 0. The maximum Gasteiger partial charge on any atom is 0.0578 e. The molecule has 1 heterocycles. The molecule has 0 amide bonds. The van der Waals surface area contributed by atoms with Crippen molar-refractivity contribution in [2.75, 3.05) is 13.2 Å². The molecule has 15 heavy (non-hydrogen) atoms. The van der Waals surface area contributed by atoms with E-state index in [4.69, 9.17) is 10.5 Å². The van der Waals surface area contributed by atoms with Crippen molar-refractivity contribution < 1.29 is 9.84 Å². The van der Waals surface area contributed by atoms with Crippen LogP contribution >= 0.6 is 0 Å². The summed E-state index contributed by atoms with van der Waals surface area (Å²) in [6.07, 6.45) is 4.08. The largest absolute Gasteiger partial charge is 0.396 e. The third-order valence-electron chi connectivity index (χ3n) is 3.97. The Balaban J connectivity index is 2.80. The van der Waals surface area contributed by atoms with Crippen molar-refractivity contribution in [2.45, 2.75) is 58.1 Å². The van der Waals surface area contributed by atoms with Gasteiger partial charge in [0, 0.05) is 18.8 Å². The van der Waals surface area contributed by atoms with Crippen molar-refractivity contribution >= 4 is 0 Å². The van der Waals surface area contributed by atoms with E-state index in [1.54, 1.807) is 0 Å². The molecule has 3 nitrogen and oxygen atoms in total. The zero-order valence-electron chi connectivity index (χ0n) is 10.3. The highest BCUT2D eigenvalue weighted by atomic mass is 16.5. The first kappa shape index (κ1) is 12.9. The first-order valence-electron chi connectivity index (χ1n) is 5.96. The van der Waals surface area contributed by atoms with Crippen LogP contribution in [0.4, 0.5) is 0 Å². The Bertz CT molecular complexity index is 196. The van der Waals surface area contributed by atoms with Crippen LogP contribution in [0.1, 0.15) is 46.5 Å². The standard InChI is InChI=1S/C12H25NO2/c1-4-10-9-12(5-7-14,6-8-15-10)11(2,3)13/h10,14H,4-9,13H2,1-3H3. The smallest absolute Gasteiger partial charge is 0.0578 e. The first-order chi connectivity index (χ1) is 6.95. The highest BCUT2D eigenvalue weighted by molar-refractivity contribution is 4.99. The van der Waals surface area contributed by atoms with Crippen molar-refractivity contribution in [3.05, 3.63) is 0 Å². The van der Waals surface area contributed by atoms with Crippen LogP contribution in [0, 0.1) is 5.41 Å². The molecule has 3 N–H and O–H groups in total. The molecule has 3 heteroatoms. The summed E-state index contributed by atoms with van der Waals surface area (Å²) < 4.78 is 5.69. The molecular weight excluding hydrogens is 190 g/mol. The molecular formula is C12H25NO2. The molecule has 0 aliphatic carbocycles. The van der Waals surface area contributed by atoms with Gasteiger partial charge >= 0.3 is 0 Å². The lowest BCUT2D eigenvalue weighted by molar-refractivity contribution is -0.0828. The summed E-state index contributed by atoms with van der Waals surface area (Å²) in [5.41, 5.74) is 6.08. The predicted octanol–water partition coefficient (Wildman–Crippen LogP) is 1.68. The van der Waals surface area contributed by atoms with Crippen molar-refractivity contribution in [1.82, 2.24) is 0 Å². The second-order valence-electron chi connectivity index (χ2n) is 5.33. The summed E-state index contributed by atoms with van der Waals surface area (Å²) in [4.78, 5) is 0. The number of ether oxygens (including phenoxy) is 1. The number of hydrogen-bond acceptors (Lipinski definition) is 3. The van der Waals surface area contributed by atoms with Crippen LogP contribution in [0.25, 0.3) is 0 Å². The van der Waals surface area contributed by atoms with Gasteiger partial charge in [-0.15, -0.1) is 0 Å². The van der Waals surface area contributed by atoms with Crippen LogP contribution in [-0.2, 0) is 4.74 Å². The van der Waals surface area contributed by atoms with Crippen molar-refractivity contribution in [1.29, 1.82) is 0 Å². The molecule has 0 aromatic heterocycles. The lowest BCUT2D eigenvalue weighted by Gasteiger charge is -2.49. The van der Waals surface area contributed by atoms with Gasteiger partial charge < -0.3 is 15.6 Å². The van der Waals surface area contributed by atoms with Gasteiger partial charge in [-0.05, 0) is 44.9 Å². The van der Waals surface area contributed by atoms with Crippen molar-refractivity contribution in [3.8, 4) is 0 Å². The van der Waals surface area contributed by atoms with Crippen LogP contribution in [0.2, 0.25) is 0 Å². The van der Waals surface area contributed by atoms with Gasteiger partial charge in [-0.3, -0.25) is 0 Å². The third kappa shape index (κ3) is 2.71. The topological polar surface area (TPSA) is 55.5 Å². The fraction of sp³-hybridized carbons (Fsp3) is 1.00. The van der Waals surface area contributed by atoms with Gasteiger partial charge in [0.2, 0.25) is 0 Å². The fourth-order valence-electron chi connectivity index (χ4n) is 2.63. The Morgan fingerprint density at radius 2 is 2.20 bits per heavy atom. The quantitative estimate of drug-likeness (QED) is 0.750. The van der Waals surface area contributed by atoms with Crippen LogP contribution in [0.3, 0.4) is 0 Å². The predicted molar refractivity (Wildman–Crippen MR) is 61.7 cm³/mol. The summed E-state index contributed by atoms with van der Waals surface area (Å²) >= 11 is 0. The van der Waals surface area contributed by atoms with Crippen molar-refractivity contribution in [2.24, 2.45) is 11.1 Å². The fourth-order valence-corrected chi connectivity index (χ4v) is 2.63. The monoisotopic (exact) mass is 215 g/mol. The number of aliphatic hydroxyl groups is 1. The van der Waals surface area contributed by atoms with E-state index < -0.39 is 0 Å². The average molecular weight is 215 g/mol. The van der Waals surface area contributed by atoms with Gasteiger partial charge in [0.1, 0.15) is 0 Å². The minimum atomic E-state index is -0.243. The molecule has 90 valence electrons. The Hall–Kier alpha value is -0.120. The highest BCUT2D eigenvalue weighted by Crippen LogP contribution is 2.44. The number of aliphatic hydroxyl groups excluding tert-OH is 1. The summed E-state index contributed by atoms with van der Waals surface area (Å²) in [7, 11) is 0. The van der Waals surface area contributed by atoms with E-state index in [0.717, 1.165) is 32.3 Å². The van der Waals surface area contributed by atoms with E-state index in [2.05, 4.69) is 20.8 Å². The van der Waals surface area contributed by atoms with E-state index in [1.807, 2.05) is 0 Å². The van der Waals surface area contributed by atoms with E-state index in [1.165, 1.54) is 0 Å². The molecule has 0 aromatic rings. The molecule has 0 spiro atoms. The van der Waals surface area contributed by atoms with E-state index in [0.29, 0.717) is 6.10 Å². The van der Waals surface area contributed by atoms with Crippen LogP contribution in [0.15, 0.2) is 0 Å². The maximum atomic E-state index is 9.21. The molecule has 1 fully saturated rings. The molecule has 1 aliphatic rings. The van der Waals surface area contributed by atoms with Gasteiger partial charge in [0.25, 0.3) is 0 Å². The molecule has 1 aliphatic heterocycles. The van der Waals surface area contributed by atoms with Crippen LogP contribution in [-0.4, -0.2) is 30.0 Å². The maximum absolute atomic E-state index is 9.21. The molecule has 1 rings (SSSR count). The van der Waals surface area contributed by atoms with Gasteiger partial charge in [0.05, 0.1) is 6.10 Å². The molecule has 0 bridgehead atoms. The number of nitrogens with two attached hydrogens (primary N) is 1. The van der Waals surface area contributed by atoms with Crippen molar-refractivity contribution in [3.63, 3.8) is 0 Å². The molecule has 2 unspecified atom stereocenters. The molecule has 0 aromatic carbocycles. The Kier molecular flexibility index (Phi) is 4.15.